The summed E-state index contributed by atoms with van der Waals surface area (Å²) in [6, 6.07) is 6.58. The first-order valence-corrected chi connectivity index (χ1v) is 4.98. The molecule has 0 unspecified atom stereocenters. The van der Waals surface area contributed by atoms with Gasteiger partial charge in [0.1, 0.15) is 0 Å². The second-order valence-electron chi connectivity index (χ2n) is 3.70. The molecule has 2 heteroatoms. The molecule has 0 spiro atoms. The van der Waals surface area contributed by atoms with Gasteiger partial charge in [0.25, 0.3) is 0 Å². The van der Waals surface area contributed by atoms with Crippen LogP contribution in [0, 0.1) is 13.8 Å². The fraction of sp³-hybridized carbons (Fsp3) is 0.500. The average Bonchev–Trinajstić information content (AvgIpc) is 2.04. The Morgan fingerprint density at radius 2 is 1.71 bits per heavy atom. The average molecular weight is 214 g/mol. The maximum absolute atomic E-state index is 6.11. The predicted octanol–water partition coefficient (Wildman–Crippen LogP) is 3.53. The van der Waals surface area contributed by atoms with Crippen LogP contribution in [0.1, 0.15) is 42.5 Å². The Bertz CT molecular complexity index is 263. The van der Waals surface area contributed by atoms with Gasteiger partial charge in [0, 0.05) is 6.04 Å². The molecule has 1 nitrogen and oxygen atoms in total. The molecule has 0 aromatic heterocycles. The molecule has 0 saturated carbocycles. The normalized spacial score (nSPS) is 12.0. The van der Waals surface area contributed by atoms with E-state index in [4.69, 9.17) is 5.73 Å². The summed E-state index contributed by atoms with van der Waals surface area (Å²) >= 11 is 0. The summed E-state index contributed by atoms with van der Waals surface area (Å²) < 4.78 is 0. The topological polar surface area (TPSA) is 26.0 Å². The lowest BCUT2D eigenvalue weighted by Crippen LogP contribution is -2.12. The number of halogens is 1. The zero-order chi connectivity index (χ0) is 9.84. The number of hydrogen-bond donors (Lipinski definition) is 1. The lowest BCUT2D eigenvalue weighted by molar-refractivity contribution is 0.632. The van der Waals surface area contributed by atoms with Crippen molar-refractivity contribution in [1.82, 2.24) is 0 Å². The molecule has 0 fully saturated rings. The minimum atomic E-state index is 0. The van der Waals surface area contributed by atoms with Crippen molar-refractivity contribution in [2.24, 2.45) is 5.73 Å². The Kier molecular flexibility index (Phi) is 5.82. The van der Waals surface area contributed by atoms with E-state index in [1.54, 1.807) is 0 Å². The minimum absolute atomic E-state index is 0. The summed E-state index contributed by atoms with van der Waals surface area (Å²) in [6.07, 6.45) is 2.22. The first kappa shape index (κ1) is 13.5. The van der Waals surface area contributed by atoms with E-state index in [2.05, 4.69) is 39.0 Å². The van der Waals surface area contributed by atoms with E-state index < -0.39 is 0 Å². The fourth-order valence-corrected chi connectivity index (χ4v) is 1.87. The van der Waals surface area contributed by atoms with Crippen LogP contribution in [0.3, 0.4) is 0 Å². The van der Waals surface area contributed by atoms with Gasteiger partial charge in [-0.15, -0.1) is 12.4 Å². The standard InChI is InChI=1S/C12H19N.ClH/c1-4-6-11(13)12-9(2)7-5-8-10(12)3;/h5,7-8,11H,4,6,13H2,1-3H3;1H/t11-;/m1./s1. The van der Waals surface area contributed by atoms with Gasteiger partial charge in [-0.05, 0) is 37.0 Å². The van der Waals surface area contributed by atoms with Crippen LogP contribution in [-0.4, -0.2) is 0 Å². The van der Waals surface area contributed by atoms with Crippen molar-refractivity contribution in [1.29, 1.82) is 0 Å². The lowest BCUT2D eigenvalue weighted by Gasteiger charge is -2.16. The third-order valence-corrected chi connectivity index (χ3v) is 2.51. The highest BCUT2D eigenvalue weighted by molar-refractivity contribution is 5.85. The number of rotatable bonds is 3. The zero-order valence-electron chi connectivity index (χ0n) is 9.21. The van der Waals surface area contributed by atoms with Crippen molar-refractivity contribution < 1.29 is 0 Å². The van der Waals surface area contributed by atoms with Gasteiger partial charge in [-0.1, -0.05) is 31.5 Å². The van der Waals surface area contributed by atoms with E-state index in [0.29, 0.717) is 0 Å². The Hall–Kier alpha value is -0.530. The molecule has 1 aromatic carbocycles. The van der Waals surface area contributed by atoms with Crippen LogP contribution in [0.5, 0.6) is 0 Å². The number of aryl methyl sites for hydroxylation is 2. The van der Waals surface area contributed by atoms with Crippen molar-refractivity contribution >= 4 is 12.4 Å². The Balaban J connectivity index is 0.00000169. The van der Waals surface area contributed by atoms with Crippen LogP contribution in [0.4, 0.5) is 0 Å². The van der Waals surface area contributed by atoms with Crippen LogP contribution < -0.4 is 5.73 Å². The summed E-state index contributed by atoms with van der Waals surface area (Å²) in [7, 11) is 0. The molecule has 1 atom stereocenters. The van der Waals surface area contributed by atoms with Crippen molar-refractivity contribution in [2.75, 3.05) is 0 Å². The Morgan fingerprint density at radius 1 is 1.21 bits per heavy atom. The zero-order valence-corrected chi connectivity index (χ0v) is 10.0. The van der Waals surface area contributed by atoms with Crippen LogP contribution in [0.2, 0.25) is 0 Å². The Labute approximate surface area is 93.1 Å². The van der Waals surface area contributed by atoms with E-state index in [1.165, 1.54) is 16.7 Å². The SMILES string of the molecule is CCC[C@@H](N)c1c(C)cccc1C.Cl. The van der Waals surface area contributed by atoms with E-state index in [1.807, 2.05) is 0 Å². The molecule has 0 saturated heterocycles. The molecule has 2 N–H and O–H groups in total. The summed E-state index contributed by atoms with van der Waals surface area (Å²) in [5, 5.41) is 0. The van der Waals surface area contributed by atoms with Crippen molar-refractivity contribution in [2.45, 2.75) is 39.7 Å². The largest absolute Gasteiger partial charge is 0.324 e. The molecule has 0 aliphatic carbocycles. The molecule has 0 amide bonds. The molecular formula is C12H20ClN. The van der Waals surface area contributed by atoms with Gasteiger partial charge in [0.05, 0.1) is 0 Å². The number of nitrogens with two attached hydrogens (primary N) is 1. The van der Waals surface area contributed by atoms with E-state index in [-0.39, 0.29) is 18.4 Å². The smallest absolute Gasteiger partial charge is 0.0300 e. The molecule has 80 valence electrons. The maximum Gasteiger partial charge on any atom is 0.0300 e. The lowest BCUT2D eigenvalue weighted by atomic mass is 9.94. The molecule has 0 aliphatic rings. The first-order valence-electron chi connectivity index (χ1n) is 4.98. The quantitative estimate of drug-likeness (QED) is 0.817. The third kappa shape index (κ3) is 3.00. The second kappa shape index (κ2) is 6.05. The molecule has 14 heavy (non-hydrogen) atoms. The highest BCUT2D eigenvalue weighted by Crippen LogP contribution is 2.22. The molecule has 1 rings (SSSR count). The van der Waals surface area contributed by atoms with Gasteiger partial charge in [-0.25, -0.2) is 0 Å². The fourth-order valence-electron chi connectivity index (χ4n) is 1.87. The summed E-state index contributed by atoms with van der Waals surface area (Å²) in [5.41, 5.74) is 10.1. The van der Waals surface area contributed by atoms with Gasteiger partial charge in [0.2, 0.25) is 0 Å². The molecule has 0 radical (unpaired) electrons. The van der Waals surface area contributed by atoms with Crippen LogP contribution in [0.15, 0.2) is 18.2 Å². The van der Waals surface area contributed by atoms with E-state index in [9.17, 15) is 0 Å². The molecule has 0 aliphatic heterocycles. The van der Waals surface area contributed by atoms with Gasteiger partial charge in [-0.3, -0.25) is 0 Å². The summed E-state index contributed by atoms with van der Waals surface area (Å²) in [4.78, 5) is 0. The molecule has 1 aromatic rings. The van der Waals surface area contributed by atoms with Crippen molar-refractivity contribution in [3.8, 4) is 0 Å². The van der Waals surface area contributed by atoms with Gasteiger partial charge >= 0.3 is 0 Å². The number of benzene rings is 1. The highest BCUT2D eigenvalue weighted by Gasteiger charge is 2.09. The maximum atomic E-state index is 6.11. The van der Waals surface area contributed by atoms with E-state index >= 15 is 0 Å². The third-order valence-electron chi connectivity index (χ3n) is 2.51. The summed E-state index contributed by atoms with van der Waals surface area (Å²) in [5.74, 6) is 0. The van der Waals surface area contributed by atoms with Gasteiger partial charge in [-0.2, -0.15) is 0 Å². The van der Waals surface area contributed by atoms with Crippen LogP contribution >= 0.6 is 12.4 Å². The summed E-state index contributed by atoms with van der Waals surface area (Å²) in [6.45, 7) is 6.45. The Morgan fingerprint density at radius 3 is 2.14 bits per heavy atom. The minimum Gasteiger partial charge on any atom is -0.324 e. The monoisotopic (exact) mass is 213 g/mol. The molecule has 0 heterocycles. The van der Waals surface area contributed by atoms with Crippen LogP contribution in [0.25, 0.3) is 0 Å². The van der Waals surface area contributed by atoms with Crippen molar-refractivity contribution in [3.63, 3.8) is 0 Å². The second-order valence-corrected chi connectivity index (χ2v) is 3.70. The molecular weight excluding hydrogens is 194 g/mol. The van der Waals surface area contributed by atoms with Crippen LogP contribution in [-0.2, 0) is 0 Å². The molecule has 0 bridgehead atoms. The van der Waals surface area contributed by atoms with Crippen molar-refractivity contribution in [3.05, 3.63) is 34.9 Å². The number of hydrogen-bond acceptors (Lipinski definition) is 1. The highest BCUT2D eigenvalue weighted by atomic mass is 35.5. The first-order chi connectivity index (χ1) is 6.16. The van der Waals surface area contributed by atoms with E-state index in [0.717, 1.165) is 12.8 Å². The van der Waals surface area contributed by atoms with Gasteiger partial charge < -0.3 is 5.73 Å². The predicted molar refractivity (Wildman–Crippen MR) is 65.0 cm³/mol. The van der Waals surface area contributed by atoms with Gasteiger partial charge in [0.15, 0.2) is 0 Å².